The Morgan fingerprint density at radius 2 is 2.20 bits per heavy atom. The van der Waals surface area contributed by atoms with Gasteiger partial charge in [-0.1, -0.05) is 0 Å². The highest BCUT2D eigenvalue weighted by molar-refractivity contribution is 5.73. The lowest BCUT2D eigenvalue weighted by Crippen LogP contribution is -2.41. The van der Waals surface area contributed by atoms with E-state index in [1.807, 2.05) is 6.20 Å². The summed E-state index contributed by atoms with van der Waals surface area (Å²) in [5.74, 6) is -0.283. The quantitative estimate of drug-likeness (QED) is 0.906. The second-order valence-electron chi connectivity index (χ2n) is 6.30. The molecule has 134 valence electrons. The largest absolute Gasteiger partial charge is 0.376 e. The molecule has 3 rings (SSSR count). The van der Waals surface area contributed by atoms with Crippen molar-refractivity contribution in [3.05, 3.63) is 48.0 Å². The maximum Gasteiger partial charge on any atom is 0.317 e. The van der Waals surface area contributed by atoms with Gasteiger partial charge in [-0.05, 0) is 43.5 Å². The highest BCUT2D eigenvalue weighted by Gasteiger charge is 2.16. The molecule has 0 radical (unpaired) electrons. The number of nitrogens with one attached hydrogen (secondary N) is 1. The van der Waals surface area contributed by atoms with E-state index in [1.54, 1.807) is 35.0 Å². The molecule has 2 aromatic rings. The van der Waals surface area contributed by atoms with Crippen LogP contribution in [0.1, 0.15) is 24.8 Å². The van der Waals surface area contributed by atoms with E-state index in [-0.39, 0.29) is 18.0 Å². The first kappa shape index (κ1) is 17.4. The van der Waals surface area contributed by atoms with E-state index in [4.69, 9.17) is 4.74 Å². The second-order valence-corrected chi connectivity index (χ2v) is 6.30. The van der Waals surface area contributed by atoms with E-state index >= 15 is 0 Å². The molecule has 2 heterocycles. The van der Waals surface area contributed by atoms with E-state index in [2.05, 4.69) is 10.4 Å². The van der Waals surface area contributed by atoms with Gasteiger partial charge in [0, 0.05) is 32.0 Å². The molecule has 1 unspecified atom stereocenters. The van der Waals surface area contributed by atoms with Crippen LogP contribution in [0.25, 0.3) is 5.69 Å². The van der Waals surface area contributed by atoms with E-state index in [0.717, 1.165) is 37.1 Å². The van der Waals surface area contributed by atoms with Gasteiger partial charge < -0.3 is 15.0 Å². The summed E-state index contributed by atoms with van der Waals surface area (Å²) in [7, 11) is 1.74. The van der Waals surface area contributed by atoms with E-state index in [1.165, 1.54) is 12.1 Å². The van der Waals surface area contributed by atoms with Gasteiger partial charge in [-0.3, -0.25) is 0 Å². The molecule has 1 aliphatic rings. The molecule has 1 N–H and O–H groups in total. The second kappa shape index (κ2) is 8.11. The molecule has 1 aromatic heterocycles. The van der Waals surface area contributed by atoms with Gasteiger partial charge in [-0.2, -0.15) is 5.10 Å². The van der Waals surface area contributed by atoms with Gasteiger partial charge in [0.2, 0.25) is 0 Å². The Morgan fingerprint density at radius 1 is 1.40 bits per heavy atom. The fourth-order valence-electron chi connectivity index (χ4n) is 2.83. The zero-order valence-corrected chi connectivity index (χ0v) is 14.3. The van der Waals surface area contributed by atoms with Crippen LogP contribution in [0.3, 0.4) is 0 Å². The Kier molecular flexibility index (Phi) is 5.65. The van der Waals surface area contributed by atoms with Crippen LogP contribution in [-0.2, 0) is 11.3 Å². The van der Waals surface area contributed by atoms with Gasteiger partial charge in [-0.25, -0.2) is 13.9 Å². The summed E-state index contributed by atoms with van der Waals surface area (Å²) in [6, 6.07) is 5.97. The normalized spacial score (nSPS) is 17.3. The van der Waals surface area contributed by atoms with Crippen LogP contribution >= 0.6 is 0 Å². The summed E-state index contributed by atoms with van der Waals surface area (Å²) >= 11 is 0. The molecule has 0 spiro atoms. The van der Waals surface area contributed by atoms with Crippen molar-refractivity contribution in [1.29, 1.82) is 0 Å². The van der Waals surface area contributed by atoms with Crippen molar-refractivity contribution >= 4 is 6.03 Å². The minimum Gasteiger partial charge on any atom is -0.376 e. The number of benzene rings is 1. The van der Waals surface area contributed by atoms with E-state index in [9.17, 15) is 9.18 Å². The van der Waals surface area contributed by atoms with Gasteiger partial charge in [0.1, 0.15) is 5.82 Å². The van der Waals surface area contributed by atoms with Gasteiger partial charge >= 0.3 is 6.03 Å². The van der Waals surface area contributed by atoms with Crippen molar-refractivity contribution in [3.8, 4) is 5.69 Å². The van der Waals surface area contributed by atoms with Crippen molar-refractivity contribution in [3.63, 3.8) is 0 Å². The van der Waals surface area contributed by atoms with Crippen molar-refractivity contribution in [1.82, 2.24) is 20.0 Å². The van der Waals surface area contributed by atoms with Crippen molar-refractivity contribution in [2.45, 2.75) is 31.9 Å². The fourth-order valence-corrected chi connectivity index (χ4v) is 2.83. The SMILES string of the molecule is CN(Cc1cnn(-c2ccc(F)cc2)c1)C(=O)NCC1CCCCO1. The molecule has 1 atom stereocenters. The maximum absolute atomic E-state index is 13.0. The highest BCUT2D eigenvalue weighted by Crippen LogP contribution is 2.12. The number of nitrogens with zero attached hydrogens (tertiary/aromatic N) is 3. The van der Waals surface area contributed by atoms with Crippen LogP contribution in [0, 0.1) is 5.82 Å². The van der Waals surface area contributed by atoms with Crippen molar-refractivity contribution < 1.29 is 13.9 Å². The molecule has 6 nitrogen and oxygen atoms in total. The summed E-state index contributed by atoms with van der Waals surface area (Å²) in [6.07, 6.45) is 6.90. The number of amides is 2. The van der Waals surface area contributed by atoms with Gasteiger partial charge in [0.05, 0.1) is 24.5 Å². The average molecular weight is 346 g/mol. The first-order valence-electron chi connectivity index (χ1n) is 8.52. The topological polar surface area (TPSA) is 59.4 Å². The smallest absolute Gasteiger partial charge is 0.317 e. The summed E-state index contributed by atoms with van der Waals surface area (Å²) < 4.78 is 20.3. The van der Waals surface area contributed by atoms with E-state index in [0.29, 0.717) is 13.1 Å². The predicted molar refractivity (Wildman–Crippen MR) is 92.0 cm³/mol. The summed E-state index contributed by atoms with van der Waals surface area (Å²) in [5, 5.41) is 7.17. The molecule has 0 bridgehead atoms. The molecule has 1 saturated heterocycles. The third kappa shape index (κ3) is 4.79. The molecule has 2 amide bonds. The minimum atomic E-state index is -0.283. The lowest BCUT2D eigenvalue weighted by Gasteiger charge is -2.24. The Morgan fingerprint density at radius 3 is 2.92 bits per heavy atom. The third-order valence-electron chi connectivity index (χ3n) is 4.25. The number of rotatable bonds is 5. The standard InChI is InChI=1S/C18H23FN4O2/c1-22(18(24)20-11-17-4-2-3-9-25-17)12-14-10-21-23(13-14)16-7-5-15(19)6-8-16/h5-8,10,13,17H,2-4,9,11-12H2,1H3,(H,20,24). The van der Waals surface area contributed by atoms with Crippen LogP contribution in [-0.4, -0.2) is 47.0 Å². The zero-order chi connectivity index (χ0) is 17.6. The first-order chi connectivity index (χ1) is 12.1. The Hall–Kier alpha value is -2.41. The number of carbonyl (C=O) groups excluding carboxylic acids is 1. The summed E-state index contributed by atoms with van der Waals surface area (Å²) in [4.78, 5) is 13.8. The zero-order valence-electron chi connectivity index (χ0n) is 14.3. The predicted octanol–water partition coefficient (Wildman–Crippen LogP) is 2.72. The molecule has 0 saturated carbocycles. The number of hydrogen-bond acceptors (Lipinski definition) is 3. The van der Waals surface area contributed by atoms with Crippen LogP contribution in [0.15, 0.2) is 36.7 Å². The fraction of sp³-hybridized carbons (Fsp3) is 0.444. The molecule has 25 heavy (non-hydrogen) atoms. The van der Waals surface area contributed by atoms with Crippen LogP contribution < -0.4 is 5.32 Å². The summed E-state index contributed by atoms with van der Waals surface area (Å²) in [5.41, 5.74) is 1.67. The minimum absolute atomic E-state index is 0.118. The number of ether oxygens (including phenoxy) is 1. The first-order valence-corrected chi connectivity index (χ1v) is 8.52. The van der Waals surface area contributed by atoms with Gasteiger partial charge in [0.15, 0.2) is 0 Å². The molecule has 0 aliphatic carbocycles. The molecule has 1 aliphatic heterocycles. The average Bonchev–Trinajstić information content (AvgIpc) is 3.09. The molecule has 1 aromatic carbocycles. The maximum atomic E-state index is 13.0. The van der Waals surface area contributed by atoms with Crippen LogP contribution in [0.2, 0.25) is 0 Å². The number of aromatic nitrogens is 2. The number of hydrogen-bond donors (Lipinski definition) is 1. The lowest BCUT2D eigenvalue weighted by molar-refractivity contribution is 0.0178. The van der Waals surface area contributed by atoms with Gasteiger partial charge in [-0.15, -0.1) is 0 Å². The molecular weight excluding hydrogens is 323 g/mol. The Bertz CT molecular complexity index is 695. The third-order valence-corrected chi connectivity index (χ3v) is 4.25. The molecule has 7 heteroatoms. The monoisotopic (exact) mass is 346 g/mol. The Balaban J connectivity index is 1.51. The van der Waals surface area contributed by atoms with Gasteiger partial charge in [0.25, 0.3) is 0 Å². The van der Waals surface area contributed by atoms with Crippen molar-refractivity contribution in [2.75, 3.05) is 20.2 Å². The Labute approximate surface area is 146 Å². The van der Waals surface area contributed by atoms with E-state index < -0.39 is 0 Å². The summed E-state index contributed by atoms with van der Waals surface area (Å²) in [6.45, 7) is 1.76. The highest BCUT2D eigenvalue weighted by atomic mass is 19.1. The lowest BCUT2D eigenvalue weighted by atomic mass is 10.1. The number of halogens is 1. The number of carbonyl (C=O) groups is 1. The van der Waals surface area contributed by atoms with Crippen molar-refractivity contribution in [2.24, 2.45) is 0 Å². The van der Waals surface area contributed by atoms with Crippen LogP contribution in [0.5, 0.6) is 0 Å². The van der Waals surface area contributed by atoms with Crippen LogP contribution in [0.4, 0.5) is 9.18 Å². The number of urea groups is 1. The molecule has 1 fully saturated rings. The molecular formula is C18H23FN4O2.